The molecule has 1 saturated heterocycles. The summed E-state index contributed by atoms with van der Waals surface area (Å²) in [5.74, 6) is 0.685. The van der Waals surface area contributed by atoms with E-state index in [4.69, 9.17) is 0 Å². The molecule has 3 heteroatoms. The zero-order chi connectivity index (χ0) is 12.1. The zero-order valence-electron chi connectivity index (χ0n) is 10.9. The summed E-state index contributed by atoms with van der Waals surface area (Å²) >= 11 is 0. The van der Waals surface area contributed by atoms with Crippen molar-refractivity contribution >= 4 is 5.69 Å². The summed E-state index contributed by atoms with van der Waals surface area (Å²) in [6.45, 7) is 7.95. The predicted molar refractivity (Wildman–Crippen MR) is 72.3 cm³/mol. The van der Waals surface area contributed by atoms with Crippen LogP contribution in [0, 0.1) is 5.92 Å². The molecule has 0 bridgehead atoms. The Morgan fingerprint density at radius 1 is 1.41 bits per heavy atom. The summed E-state index contributed by atoms with van der Waals surface area (Å²) in [5, 5.41) is 3.57. The van der Waals surface area contributed by atoms with Crippen LogP contribution in [-0.2, 0) is 0 Å². The first-order valence-corrected chi connectivity index (χ1v) is 6.64. The van der Waals surface area contributed by atoms with Crippen molar-refractivity contribution in [2.75, 3.05) is 24.5 Å². The van der Waals surface area contributed by atoms with E-state index in [2.05, 4.69) is 41.2 Å². The van der Waals surface area contributed by atoms with Gasteiger partial charge in [0, 0.05) is 37.2 Å². The summed E-state index contributed by atoms with van der Waals surface area (Å²) in [5.41, 5.74) is 1.29. The second-order valence-corrected chi connectivity index (χ2v) is 5.30. The molecule has 1 aliphatic rings. The maximum Gasteiger partial charge on any atom is 0.0397 e. The third-order valence-corrected chi connectivity index (χ3v) is 3.22. The van der Waals surface area contributed by atoms with Gasteiger partial charge in [-0.15, -0.1) is 0 Å². The van der Waals surface area contributed by atoms with Crippen molar-refractivity contribution in [1.82, 2.24) is 10.3 Å². The van der Waals surface area contributed by atoms with Crippen LogP contribution in [0.15, 0.2) is 24.5 Å². The van der Waals surface area contributed by atoms with Gasteiger partial charge >= 0.3 is 0 Å². The van der Waals surface area contributed by atoms with Gasteiger partial charge in [-0.2, -0.15) is 0 Å². The van der Waals surface area contributed by atoms with Gasteiger partial charge in [0.1, 0.15) is 0 Å². The number of aromatic nitrogens is 1. The van der Waals surface area contributed by atoms with E-state index in [-0.39, 0.29) is 0 Å². The average molecular weight is 233 g/mol. The van der Waals surface area contributed by atoms with Gasteiger partial charge in [-0.05, 0) is 37.4 Å². The number of rotatable bonds is 5. The Balaban J connectivity index is 2.02. The van der Waals surface area contributed by atoms with E-state index in [0.717, 1.165) is 13.1 Å². The van der Waals surface area contributed by atoms with Gasteiger partial charge in [0.2, 0.25) is 0 Å². The highest BCUT2D eigenvalue weighted by Crippen LogP contribution is 2.17. The molecule has 0 aliphatic carbocycles. The fourth-order valence-electron chi connectivity index (χ4n) is 2.46. The molecule has 17 heavy (non-hydrogen) atoms. The summed E-state index contributed by atoms with van der Waals surface area (Å²) in [4.78, 5) is 6.58. The first-order chi connectivity index (χ1) is 8.25. The molecule has 3 nitrogen and oxygen atoms in total. The van der Waals surface area contributed by atoms with Gasteiger partial charge in [0.15, 0.2) is 0 Å². The SMILES string of the molecule is CC(C)CN(CC1CCCN1)c1ccncc1. The van der Waals surface area contributed by atoms with E-state index >= 15 is 0 Å². The largest absolute Gasteiger partial charge is 0.370 e. The van der Waals surface area contributed by atoms with Crippen molar-refractivity contribution in [1.29, 1.82) is 0 Å². The molecule has 0 spiro atoms. The monoisotopic (exact) mass is 233 g/mol. The summed E-state index contributed by atoms with van der Waals surface area (Å²) in [6.07, 6.45) is 6.38. The maximum atomic E-state index is 4.10. The lowest BCUT2D eigenvalue weighted by atomic mass is 10.1. The molecule has 1 atom stereocenters. The standard InChI is InChI=1S/C14H23N3/c1-12(2)10-17(11-13-4-3-7-16-13)14-5-8-15-9-6-14/h5-6,8-9,12-13,16H,3-4,7,10-11H2,1-2H3. The fourth-order valence-corrected chi connectivity index (χ4v) is 2.46. The van der Waals surface area contributed by atoms with Gasteiger partial charge in [-0.3, -0.25) is 4.98 Å². The van der Waals surface area contributed by atoms with Crippen LogP contribution >= 0.6 is 0 Å². The van der Waals surface area contributed by atoms with Crippen molar-refractivity contribution in [2.24, 2.45) is 5.92 Å². The molecular formula is C14H23N3. The van der Waals surface area contributed by atoms with Crippen molar-refractivity contribution in [3.8, 4) is 0 Å². The lowest BCUT2D eigenvalue weighted by Crippen LogP contribution is -2.39. The number of nitrogens with one attached hydrogen (secondary N) is 1. The number of hydrogen-bond acceptors (Lipinski definition) is 3. The molecule has 0 radical (unpaired) electrons. The molecular weight excluding hydrogens is 210 g/mol. The number of anilines is 1. The highest BCUT2D eigenvalue weighted by atomic mass is 15.2. The molecule has 1 aliphatic heterocycles. The minimum Gasteiger partial charge on any atom is -0.370 e. The average Bonchev–Trinajstić information content (AvgIpc) is 2.82. The lowest BCUT2D eigenvalue weighted by Gasteiger charge is -2.29. The van der Waals surface area contributed by atoms with Gasteiger partial charge < -0.3 is 10.2 Å². The van der Waals surface area contributed by atoms with E-state index in [9.17, 15) is 0 Å². The molecule has 1 fully saturated rings. The molecule has 1 unspecified atom stereocenters. The minimum atomic E-state index is 0.655. The van der Waals surface area contributed by atoms with Crippen LogP contribution in [0.5, 0.6) is 0 Å². The lowest BCUT2D eigenvalue weighted by molar-refractivity contribution is 0.541. The number of hydrogen-bond donors (Lipinski definition) is 1. The van der Waals surface area contributed by atoms with Crippen LogP contribution in [0.2, 0.25) is 0 Å². The predicted octanol–water partition coefficient (Wildman–Crippen LogP) is 2.30. The Kier molecular flexibility index (Phi) is 4.37. The highest BCUT2D eigenvalue weighted by Gasteiger charge is 2.18. The van der Waals surface area contributed by atoms with Gasteiger partial charge in [0.25, 0.3) is 0 Å². The first-order valence-electron chi connectivity index (χ1n) is 6.64. The van der Waals surface area contributed by atoms with Gasteiger partial charge in [-0.1, -0.05) is 13.8 Å². The minimum absolute atomic E-state index is 0.655. The molecule has 0 saturated carbocycles. The van der Waals surface area contributed by atoms with Gasteiger partial charge in [-0.25, -0.2) is 0 Å². The van der Waals surface area contributed by atoms with Crippen LogP contribution in [-0.4, -0.2) is 30.7 Å². The Morgan fingerprint density at radius 2 is 2.18 bits per heavy atom. The topological polar surface area (TPSA) is 28.2 Å². The van der Waals surface area contributed by atoms with Crippen molar-refractivity contribution < 1.29 is 0 Å². The van der Waals surface area contributed by atoms with Crippen LogP contribution in [0.25, 0.3) is 0 Å². The second-order valence-electron chi connectivity index (χ2n) is 5.30. The quantitative estimate of drug-likeness (QED) is 0.846. The number of nitrogens with zero attached hydrogens (tertiary/aromatic N) is 2. The van der Waals surface area contributed by atoms with Crippen LogP contribution in [0.1, 0.15) is 26.7 Å². The van der Waals surface area contributed by atoms with E-state index in [1.165, 1.54) is 25.1 Å². The van der Waals surface area contributed by atoms with E-state index < -0.39 is 0 Å². The third kappa shape index (κ3) is 3.70. The second kappa shape index (κ2) is 6.01. The van der Waals surface area contributed by atoms with E-state index in [1.807, 2.05) is 12.4 Å². The van der Waals surface area contributed by atoms with E-state index in [0.29, 0.717) is 12.0 Å². The third-order valence-electron chi connectivity index (χ3n) is 3.22. The normalized spacial score (nSPS) is 19.8. The summed E-state index contributed by atoms with van der Waals surface area (Å²) in [6, 6.07) is 4.87. The molecule has 0 amide bonds. The molecule has 0 aromatic carbocycles. The van der Waals surface area contributed by atoms with Gasteiger partial charge in [0.05, 0.1) is 0 Å². The maximum absolute atomic E-state index is 4.10. The Bertz CT molecular complexity index is 317. The molecule has 1 N–H and O–H groups in total. The molecule has 2 rings (SSSR count). The Labute approximate surface area is 104 Å². The smallest absolute Gasteiger partial charge is 0.0397 e. The molecule has 94 valence electrons. The molecule has 1 aromatic heterocycles. The van der Waals surface area contributed by atoms with Crippen LogP contribution < -0.4 is 10.2 Å². The van der Waals surface area contributed by atoms with E-state index in [1.54, 1.807) is 0 Å². The fraction of sp³-hybridized carbons (Fsp3) is 0.643. The first kappa shape index (κ1) is 12.4. The zero-order valence-corrected chi connectivity index (χ0v) is 10.9. The molecule has 1 aromatic rings. The van der Waals surface area contributed by atoms with Crippen molar-refractivity contribution in [3.63, 3.8) is 0 Å². The number of pyridine rings is 1. The highest BCUT2D eigenvalue weighted by molar-refractivity contribution is 5.44. The Morgan fingerprint density at radius 3 is 2.76 bits per heavy atom. The molecule has 2 heterocycles. The van der Waals surface area contributed by atoms with Crippen LogP contribution in [0.4, 0.5) is 5.69 Å². The van der Waals surface area contributed by atoms with Crippen molar-refractivity contribution in [3.05, 3.63) is 24.5 Å². The summed E-state index contributed by atoms with van der Waals surface area (Å²) in [7, 11) is 0. The van der Waals surface area contributed by atoms with Crippen molar-refractivity contribution in [2.45, 2.75) is 32.7 Å². The van der Waals surface area contributed by atoms with Crippen LogP contribution in [0.3, 0.4) is 0 Å². The summed E-state index contributed by atoms with van der Waals surface area (Å²) < 4.78 is 0. The Hall–Kier alpha value is -1.09.